The Labute approximate surface area is 163 Å². The number of rotatable bonds is 5. The molecule has 27 heavy (non-hydrogen) atoms. The second-order valence-electron chi connectivity index (χ2n) is 8.14. The lowest BCUT2D eigenvalue weighted by atomic mass is 9.91. The average Bonchev–Trinajstić information content (AvgIpc) is 3.14. The molecule has 0 aliphatic carbocycles. The van der Waals surface area contributed by atoms with Gasteiger partial charge in [-0.25, -0.2) is 0 Å². The van der Waals surface area contributed by atoms with Crippen molar-refractivity contribution in [2.45, 2.75) is 19.9 Å². The summed E-state index contributed by atoms with van der Waals surface area (Å²) in [7, 11) is 5.89. The summed E-state index contributed by atoms with van der Waals surface area (Å²) in [5, 5.41) is 0. The van der Waals surface area contributed by atoms with Crippen molar-refractivity contribution in [1.82, 2.24) is 9.80 Å². The van der Waals surface area contributed by atoms with Gasteiger partial charge in [0.2, 0.25) is 0 Å². The molecule has 0 saturated carbocycles. The molecule has 1 aromatic rings. The van der Waals surface area contributed by atoms with Gasteiger partial charge in [0, 0.05) is 37.8 Å². The number of nitrogens with zero attached hydrogens (tertiary/aromatic N) is 3. The molecule has 1 amide bonds. The summed E-state index contributed by atoms with van der Waals surface area (Å²) in [4.78, 5) is 19.7. The van der Waals surface area contributed by atoms with Gasteiger partial charge < -0.3 is 24.2 Å². The highest BCUT2D eigenvalue weighted by molar-refractivity contribution is 5.96. The number of morpholine rings is 1. The Morgan fingerprint density at radius 2 is 1.93 bits per heavy atom. The van der Waals surface area contributed by atoms with Crippen molar-refractivity contribution < 1.29 is 14.3 Å². The Balaban J connectivity index is 1.82. The van der Waals surface area contributed by atoms with E-state index in [0.29, 0.717) is 31.1 Å². The molecule has 2 saturated heterocycles. The summed E-state index contributed by atoms with van der Waals surface area (Å²) >= 11 is 0. The van der Waals surface area contributed by atoms with E-state index in [2.05, 4.69) is 37.7 Å². The van der Waals surface area contributed by atoms with E-state index < -0.39 is 0 Å². The van der Waals surface area contributed by atoms with Crippen molar-refractivity contribution in [3.63, 3.8) is 0 Å². The second-order valence-corrected chi connectivity index (χ2v) is 8.14. The van der Waals surface area contributed by atoms with Crippen LogP contribution in [0.2, 0.25) is 0 Å². The van der Waals surface area contributed by atoms with E-state index in [1.54, 1.807) is 7.11 Å². The second kappa shape index (κ2) is 8.48. The molecule has 0 N–H and O–H groups in total. The fourth-order valence-corrected chi connectivity index (χ4v) is 4.24. The first-order chi connectivity index (χ1) is 12.9. The first-order valence-corrected chi connectivity index (χ1v) is 9.88. The van der Waals surface area contributed by atoms with Crippen molar-refractivity contribution in [1.29, 1.82) is 0 Å². The van der Waals surface area contributed by atoms with Crippen LogP contribution in [-0.4, -0.2) is 82.3 Å². The molecule has 0 unspecified atom stereocenters. The Hall–Kier alpha value is -1.79. The number of ether oxygens (including phenoxy) is 2. The molecule has 150 valence electrons. The number of likely N-dealkylation sites (tertiary alicyclic amines) is 1. The number of benzene rings is 1. The third kappa shape index (κ3) is 4.22. The normalized spacial score (nSPS) is 23.4. The largest absolute Gasteiger partial charge is 0.495 e. The highest BCUT2D eigenvalue weighted by Gasteiger charge is 2.38. The number of hydrogen-bond donors (Lipinski definition) is 0. The summed E-state index contributed by atoms with van der Waals surface area (Å²) in [6, 6.07) is 6.20. The maximum absolute atomic E-state index is 13.2. The Bertz CT molecular complexity index is 640. The van der Waals surface area contributed by atoms with Crippen LogP contribution in [0.3, 0.4) is 0 Å². The number of anilines is 1. The summed E-state index contributed by atoms with van der Waals surface area (Å²) in [5.41, 5.74) is 1.72. The van der Waals surface area contributed by atoms with Gasteiger partial charge >= 0.3 is 0 Å². The molecular weight excluding hydrogens is 342 g/mol. The van der Waals surface area contributed by atoms with Crippen LogP contribution < -0.4 is 9.64 Å². The van der Waals surface area contributed by atoms with Crippen molar-refractivity contribution in [3.8, 4) is 5.75 Å². The van der Waals surface area contributed by atoms with Gasteiger partial charge in [0.05, 0.1) is 26.0 Å². The van der Waals surface area contributed by atoms with Gasteiger partial charge in [0.15, 0.2) is 0 Å². The SMILES string of the molecule is COc1ccc(C(=O)N2C[C@@H](N(C)C)[C@H](C(C)C)C2)cc1N1CCOCC1. The molecular formula is C21H33N3O3. The molecule has 2 aliphatic heterocycles. The minimum atomic E-state index is 0.113. The molecule has 6 nitrogen and oxygen atoms in total. The highest BCUT2D eigenvalue weighted by atomic mass is 16.5. The van der Waals surface area contributed by atoms with Crippen molar-refractivity contribution >= 4 is 11.6 Å². The zero-order valence-corrected chi connectivity index (χ0v) is 17.3. The zero-order chi connectivity index (χ0) is 19.6. The third-order valence-electron chi connectivity index (χ3n) is 5.92. The van der Waals surface area contributed by atoms with E-state index >= 15 is 0 Å². The molecule has 0 radical (unpaired) electrons. The molecule has 3 rings (SSSR count). The predicted octanol–water partition coefficient (Wildman–Crippen LogP) is 2.19. The number of carbonyl (C=O) groups excluding carboxylic acids is 1. The molecule has 0 bridgehead atoms. The summed E-state index contributed by atoms with van der Waals surface area (Å²) < 4.78 is 11.0. The van der Waals surface area contributed by atoms with Crippen molar-refractivity contribution in [2.75, 3.05) is 65.5 Å². The lowest BCUT2D eigenvalue weighted by molar-refractivity contribution is 0.0779. The minimum Gasteiger partial charge on any atom is -0.495 e. The van der Waals surface area contributed by atoms with Gasteiger partial charge in [0.25, 0.3) is 5.91 Å². The Morgan fingerprint density at radius 3 is 2.48 bits per heavy atom. The molecule has 0 spiro atoms. The first-order valence-electron chi connectivity index (χ1n) is 9.88. The number of hydrogen-bond acceptors (Lipinski definition) is 5. The summed E-state index contributed by atoms with van der Waals surface area (Å²) in [5.74, 6) is 1.97. The first kappa shape index (κ1) is 20.0. The van der Waals surface area contributed by atoms with E-state index in [4.69, 9.17) is 9.47 Å². The van der Waals surface area contributed by atoms with E-state index in [0.717, 1.165) is 43.2 Å². The monoisotopic (exact) mass is 375 g/mol. The van der Waals surface area contributed by atoms with Gasteiger partial charge in [-0.15, -0.1) is 0 Å². The van der Waals surface area contributed by atoms with Crippen molar-refractivity contribution in [3.05, 3.63) is 23.8 Å². The Kier molecular flexibility index (Phi) is 6.27. The molecule has 2 heterocycles. The number of likely N-dealkylation sites (N-methyl/N-ethyl adjacent to an activating group) is 1. The maximum atomic E-state index is 13.2. The lowest BCUT2D eigenvalue weighted by Gasteiger charge is -2.30. The van der Waals surface area contributed by atoms with Crippen LogP contribution in [0, 0.1) is 11.8 Å². The lowest BCUT2D eigenvalue weighted by Crippen LogP contribution is -2.38. The van der Waals surface area contributed by atoms with Gasteiger partial charge in [-0.1, -0.05) is 13.8 Å². The van der Waals surface area contributed by atoms with Gasteiger partial charge in [-0.05, 0) is 44.1 Å². The summed E-state index contributed by atoms with van der Waals surface area (Å²) in [6.07, 6.45) is 0. The fraction of sp³-hybridized carbons (Fsp3) is 0.667. The van der Waals surface area contributed by atoms with E-state index in [1.807, 2.05) is 23.1 Å². The molecule has 2 fully saturated rings. The number of carbonyl (C=O) groups is 1. The average molecular weight is 376 g/mol. The molecule has 2 atom stereocenters. The number of methoxy groups -OCH3 is 1. The predicted molar refractivity (Wildman–Crippen MR) is 108 cm³/mol. The van der Waals surface area contributed by atoms with E-state index in [-0.39, 0.29) is 5.91 Å². The maximum Gasteiger partial charge on any atom is 0.253 e. The smallest absolute Gasteiger partial charge is 0.253 e. The van der Waals surface area contributed by atoms with Crippen LogP contribution in [0.4, 0.5) is 5.69 Å². The van der Waals surface area contributed by atoms with E-state index in [1.165, 1.54) is 0 Å². The quantitative estimate of drug-likeness (QED) is 0.789. The van der Waals surface area contributed by atoms with Crippen LogP contribution in [0.25, 0.3) is 0 Å². The van der Waals surface area contributed by atoms with E-state index in [9.17, 15) is 4.79 Å². The Morgan fingerprint density at radius 1 is 1.22 bits per heavy atom. The topological polar surface area (TPSA) is 45.2 Å². The van der Waals surface area contributed by atoms with Crippen LogP contribution >= 0.6 is 0 Å². The van der Waals surface area contributed by atoms with Gasteiger partial charge in [-0.3, -0.25) is 4.79 Å². The van der Waals surface area contributed by atoms with Crippen LogP contribution in [-0.2, 0) is 4.74 Å². The van der Waals surface area contributed by atoms with Crippen LogP contribution in [0.1, 0.15) is 24.2 Å². The number of amides is 1. The van der Waals surface area contributed by atoms with Gasteiger partial charge in [0.1, 0.15) is 5.75 Å². The van der Waals surface area contributed by atoms with Crippen LogP contribution in [0.5, 0.6) is 5.75 Å². The van der Waals surface area contributed by atoms with Crippen molar-refractivity contribution in [2.24, 2.45) is 11.8 Å². The molecule has 1 aromatic carbocycles. The molecule has 2 aliphatic rings. The van der Waals surface area contributed by atoms with Crippen LogP contribution in [0.15, 0.2) is 18.2 Å². The fourth-order valence-electron chi connectivity index (χ4n) is 4.24. The third-order valence-corrected chi connectivity index (χ3v) is 5.92. The molecule has 0 aromatic heterocycles. The zero-order valence-electron chi connectivity index (χ0n) is 17.3. The summed E-state index contributed by atoms with van der Waals surface area (Å²) in [6.45, 7) is 9.14. The molecule has 6 heteroatoms. The van der Waals surface area contributed by atoms with Gasteiger partial charge in [-0.2, -0.15) is 0 Å². The minimum absolute atomic E-state index is 0.113. The standard InChI is InChI=1S/C21H33N3O3/c1-15(2)17-13-24(14-19(17)22(3)4)21(25)16-6-7-20(26-5)18(12-16)23-8-10-27-11-9-23/h6-7,12,15,17,19H,8-11,13-14H2,1-5H3/t17-,19+/m0/s1. The highest BCUT2D eigenvalue weighted by Crippen LogP contribution is 2.32.